The van der Waals surface area contributed by atoms with Gasteiger partial charge in [-0.1, -0.05) is 23.5 Å². The molecule has 5 nitrogen and oxygen atoms in total. The Morgan fingerprint density at radius 1 is 1.05 bits per heavy atom. The number of hydrogen-bond acceptors (Lipinski definition) is 4. The molecule has 0 unspecified atom stereocenters. The van der Waals surface area contributed by atoms with Crippen LogP contribution < -0.4 is 16.4 Å². The van der Waals surface area contributed by atoms with Crippen LogP contribution in [0.15, 0.2) is 48.5 Å². The summed E-state index contributed by atoms with van der Waals surface area (Å²) >= 11 is 1.59. The van der Waals surface area contributed by atoms with Crippen LogP contribution in [0.2, 0.25) is 0 Å². The summed E-state index contributed by atoms with van der Waals surface area (Å²) in [6, 6.07) is 14.7. The van der Waals surface area contributed by atoms with Gasteiger partial charge in [0, 0.05) is 11.4 Å². The van der Waals surface area contributed by atoms with Gasteiger partial charge in [-0.25, -0.2) is 9.78 Å². The van der Waals surface area contributed by atoms with Gasteiger partial charge < -0.3 is 16.4 Å². The van der Waals surface area contributed by atoms with Gasteiger partial charge >= 0.3 is 6.03 Å². The maximum atomic E-state index is 10.7. The molecule has 0 aliphatic heterocycles. The average Bonchev–Trinajstić information content (AvgIpc) is 2.82. The first-order valence-corrected chi connectivity index (χ1v) is 6.81. The number of carbonyl (C=O) groups excluding carboxylic acids is 1. The maximum absolute atomic E-state index is 10.7. The Labute approximate surface area is 119 Å². The molecule has 0 radical (unpaired) electrons. The Bertz CT molecular complexity index is 718. The fraction of sp³-hybridized carbons (Fsp3) is 0. The van der Waals surface area contributed by atoms with Crippen molar-refractivity contribution in [3.63, 3.8) is 0 Å². The number of nitrogens with zero attached hydrogens (tertiary/aromatic N) is 1. The minimum absolute atomic E-state index is 0.572. The molecule has 3 rings (SSSR count). The van der Waals surface area contributed by atoms with Crippen molar-refractivity contribution in [1.29, 1.82) is 0 Å². The highest BCUT2D eigenvalue weighted by Gasteiger charge is 2.03. The first-order valence-electron chi connectivity index (χ1n) is 6.00. The van der Waals surface area contributed by atoms with Crippen LogP contribution in [0, 0.1) is 0 Å². The van der Waals surface area contributed by atoms with E-state index in [-0.39, 0.29) is 0 Å². The average molecular weight is 284 g/mol. The van der Waals surface area contributed by atoms with Gasteiger partial charge in [0.1, 0.15) is 0 Å². The molecule has 0 aliphatic rings. The molecule has 0 fully saturated rings. The molecule has 1 aromatic heterocycles. The van der Waals surface area contributed by atoms with E-state index >= 15 is 0 Å². The zero-order chi connectivity index (χ0) is 13.9. The second-order valence-corrected chi connectivity index (χ2v) is 5.21. The number of benzene rings is 2. The molecular weight excluding hydrogens is 272 g/mol. The first kappa shape index (κ1) is 12.4. The molecule has 0 saturated carbocycles. The van der Waals surface area contributed by atoms with Crippen LogP contribution in [0.25, 0.3) is 10.2 Å². The lowest BCUT2D eigenvalue weighted by atomic mass is 10.3. The van der Waals surface area contributed by atoms with Gasteiger partial charge in [-0.3, -0.25) is 0 Å². The van der Waals surface area contributed by atoms with Gasteiger partial charge in [0.05, 0.1) is 10.2 Å². The van der Waals surface area contributed by atoms with Crippen LogP contribution in [0.3, 0.4) is 0 Å². The third-order valence-electron chi connectivity index (χ3n) is 2.70. The molecule has 0 bridgehead atoms. The zero-order valence-electron chi connectivity index (χ0n) is 10.5. The van der Waals surface area contributed by atoms with E-state index in [1.165, 1.54) is 0 Å². The number of amides is 2. The lowest BCUT2D eigenvalue weighted by Gasteiger charge is -2.04. The quantitative estimate of drug-likeness (QED) is 0.688. The topological polar surface area (TPSA) is 80.0 Å². The fourth-order valence-corrected chi connectivity index (χ4v) is 2.71. The van der Waals surface area contributed by atoms with E-state index < -0.39 is 6.03 Å². The second kappa shape index (κ2) is 5.18. The Morgan fingerprint density at radius 2 is 1.75 bits per heavy atom. The first-order chi connectivity index (χ1) is 9.70. The molecule has 0 aliphatic carbocycles. The number of fused-ring (bicyclic) bond motifs is 1. The predicted molar refractivity (Wildman–Crippen MR) is 82.6 cm³/mol. The third kappa shape index (κ3) is 2.70. The van der Waals surface area contributed by atoms with Gasteiger partial charge in [-0.05, 0) is 36.4 Å². The molecule has 3 aromatic rings. The number of hydrogen-bond donors (Lipinski definition) is 3. The Hall–Kier alpha value is -2.60. The second-order valence-electron chi connectivity index (χ2n) is 4.18. The summed E-state index contributed by atoms with van der Waals surface area (Å²) in [6.07, 6.45) is 0. The van der Waals surface area contributed by atoms with Gasteiger partial charge in [0.2, 0.25) is 0 Å². The van der Waals surface area contributed by atoms with Crippen molar-refractivity contribution >= 4 is 44.1 Å². The van der Waals surface area contributed by atoms with Crippen molar-refractivity contribution in [2.24, 2.45) is 5.73 Å². The molecular formula is C14H12N4OS. The van der Waals surface area contributed by atoms with Crippen molar-refractivity contribution < 1.29 is 4.79 Å². The molecule has 2 aromatic carbocycles. The lowest BCUT2D eigenvalue weighted by molar-refractivity contribution is 0.259. The van der Waals surface area contributed by atoms with Gasteiger partial charge in [-0.2, -0.15) is 0 Å². The van der Waals surface area contributed by atoms with Crippen LogP contribution >= 0.6 is 11.3 Å². The number of primary amides is 1. The monoisotopic (exact) mass is 284 g/mol. The minimum Gasteiger partial charge on any atom is -0.351 e. The van der Waals surface area contributed by atoms with Gasteiger partial charge in [-0.15, -0.1) is 0 Å². The number of thiazole rings is 1. The highest BCUT2D eigenvalue weighted by molar-refractivity contribution is 7.22. The number of nitrogens with one attached hydrogen (secondary N) is 2. The molecule has 20 heavy (non-hydrogen) atoms. The fourth-order valence-electron chi connectivity index (χ4n) is 1.83. The molecule has 0 saturated heterocycles. The number of rotatable bonds is 3. The van der Waals surface area contributed by atoms with Gasteiger partial charge in [0.15, 0.2) is 5.13 Å². The summed E-state index contributed by atoms with van der Waals surface area (Å²) < 4.78 is 1.14. The molecule has 100 valence electrons. The Kier molecular flexibility index (Phi) is 3.22. The number of urea groups is 1. The van der Waals surface area contributed by atoms with Crippen molar-refractivity contribution in [3.05, 3.63) is 48.5 Å². The Balaban J connectivity index is 1.78. The van der Waals surface area contributed by atoms with Crippen molar-refractivity contribution in [2.75, 3.05) is 10.6 Å². The van der Waals surface area contributed by atoms with E-state index in [9.17, 15) is 4.79 Å². The largest absolute Gasteiger partial charge is 0.351 e. The van der Waals surface area contributed by atoms with Crippen LogP contribution in [0.4, 0.5) is 21.3 Å². The van der Waals surface area contributed by atoms with Crippen LogP contribution in [-0.4, -0.2) is 11.0 Å². The van der Waals surface area contributed by atoms with E-state index in [1.54, 1.807) is 23.5 Å². The number of nitrogens with two attached hydrogens (primary N) is 1. The number of para-hydroxylation sites is 1. The number of anilines is 3. The third-order valence-corrected chi connectivity index (χ3v) is 3.65. The summed E-state index contributed by atoms with van der Waals surface area (Å²) in [5, 5.41) is 6.59. The predicted octanol–water partition coefficient (Wildman–Crippen LogP) is 3.53. The van der Waals surface area contributed by atoms with Crippen LogP contribution in [0.1, 0.15) is 0 Å². The lowest BCUT2D eigenvalue weighted by Crippen LogP contribution is -2.19. The molecule has 0 spiro atoms. The standard InChI is InChI=1S/C14H12N4OS/c15-13(19)16-9-5-7-10(8-6-9)17-14-18-11-3-1-2-4-12(11)20-14/h1-8H,(H,17,18)(H3,15,16,19). The SMILES string of the molecule is NC(=O)Nc1ccc(Nc2nc3ccccc3s2)cc1. The molecule has 4 N–H and O–H groups in total. The van der Waals surface area contributed by atoms with E-state index in [2.05, 4.69) is 15.6 Å². The highest BCUT2D eigenvalue weighted by atomic mass is 32.1. The van der Waals surface area contributed by atoms with Crippen LogP contribution in [-0.2, 0) is 0 Å². The summed E-state index contributed by atoms with van der Waals surface area (Å²) in [4.78, 5) is 15.2. The summed E-state index contributed by atoms with van der Waals surface area (Å²) in [5.74, 6) is 0. The van der Waals surface area contributed by atoms with Crippen LogP contribution in [0.5, 0.6) is 0 Å². The normalized spacial score (nSPS) is 10.4. The van der Waals surface area contributed by atoms with E-state index in [0.29, 0.717) is 5.69 Å². The summed E-state index contributed by atoms with van der Waals surface area (Å²) in [7, 11) is 0. The number of carbonyl (C=O) groups is 1. The minimum atomic E-state index is -0.572. The maximum Gasteiger partial charge on any atom is 0.316 e. The number of aromatic nitrogens is 1. The Morgan fingerprint density at radius 3 is 2.45 bits per heavy atom. The van der Waals surface area contributed by atoms with Gasteiger partial charge in [0.25, 0.3) is 0 Å². The highest BCUT2D eigenvalue weighted by Crippen LogP contribution is 2.28. The smallest absolute Gasteiger partial charge is 0.316 e. The van der Waals surface area contributed by atoms with E-state index in [1.807, 2.05) is 36.4 Å². The molecule has 1 heterocycles. The summed E-state index contributed by atoms with van der Waals surface area (Å²) in [5.41, 5.74) is 7.60. The van der Waals surface area contributed by atoms with Crippen molar-refractivity contribution in [1.82, 2.24) is 4.98 Å². The zero-order valence-corrected chi connectivity index (χ0v) is 11.3. The van der Waals surface area contributed by atoms with E-state index in [0.717, 1.165) is 21.0 Å². The molecule has 0 atom stereocenters. The molecule has 6 heteroatoms. The molecule has 2 amide bonds. The van der Waals surface area contributed by atoms with E-state index in [4.69, 9.17) is 5.73 Å². The van der Waals surface area contributed by atoms with Crippen molar-refractivity contribution in [3.8, 4) is 0 Å². The van der Waals surface area contributed by atoms with Crippen molar-refractivity contribution in [2.45, 2.75) is 0 Å². The summed E-state index contributed by atoms with van der Waals surface area (Å²) in [6.45, 7) is 0.